The van der Waals surface area contributed by atoms with Crippen molar-refractivity contribution >= 4 is 0 Å². The Labute approximate surface area is 95.9 Å². The van der Waals surface area contributed by atoms with Gasteiger partial charge >= 0.3 is 0 Å². The van der Waals surface area contributed by atoms with Crippen LogP contribution in [0.1, 0.15) is 61.5 Å². The topological polar surface area (TPSA) is 72.3 Å². The van der Waals surface area contributed by atoms with E-state index in [1.165, 1.54) is 19.3 Å². The number of aliphatic hydroxyl groups excluding tert-OH is 1. The second-order valence-corrected chi connectivity index (χ2v) is 4.59. The zero-order valence-corrected chi connectivity index (χ0v) is 9.78. The fourth-order valence-electron chi connectivity index (χ4n) is 2.37. The van der Waals surface area contributed by atoms with Crippen LogP contribution in [0.5, 0.6) is 0 Å². The molecule has 0 spiro atoms. The van der Waals surface area contributed by atoms with Gasteiger partial charge in [0.25, 0.3) is 0 Å². The van der Waals surface area contributed by atoms with Crippen molar-refractivity contribution < 1.29 is 9.52 Å². The van der Waals surface area contributed by atoms with Crippen LogP contribution in [0.15, 0.2) is 4.42 Å². The molecule has 1 aliphatic carbocycles. The summed E-state index contributed by atoms with van der Waals surface area (Å²) < 4.78 is 5.67. The van der Waals surface area contributed by atoms with E-state index in [1.54, 1.807) is 0 Å². The number of hydrogen-bond acceptors (Lipinski definition) is 4. The van der Waals surface area contributed by atoms with Gasteiger partial charge in [0.15, 0.2) is 11.7 Å². The van der Waals surface area contributed by atoms with Crippen LogP contribution in [-0.4, -0.2) is 16.6 Å². The summed E-state index contributed by atoms with van der Waals surface area (Å²) >= 11 is 0. The van der Waals surface area contributed by atoms with E-state index >= 15 is 0 Å². The smallest absolute Gasteiger partial charge is 0.197 e. The largest absolute Gasteiger partial charge is 0.442 e. The number of aromatic nitrogens is 1. The SMILES string of the molecule is Cc1nc(C2CCCCC2)oc1C(O)CN. The summed E-state index contributed by atoms with van der Waals surface area (Å²) in [6, 6.07) is 0. The maximum absolute atomic E-state index is 9.66. The number of aliphatic hydroxyl groups is 1. The zero-order chi connectivity index (χ0) is 11.5. The van der Waals surface area contributed by atoms with Crippen LogP contribution in [0.4, 0.5) is 0 Å². The Morgan fingerprint density at radius 3 is 2.75 bits per heavy atom. The molecule has 4 nitrogen and oxygen atoms in total. The number of rotatable bonds is 3. The predicted molar refractivity (Wildman–Crippen MR) is 61.1 cm³/mol. The van der Waals surface area contributed by atoms with Crippen molar-refractivity contribution in [1.82, 2.24) is 4.98 Å². The Balaban J connectivity index is 2.16. The van der Waals surface area contributed by atoms with E-state index in [2.05, 4.69) is 4.98 Å². The standard InChI is InChI=1S/C12H20N2O2/c1-8-11(10(15)7-13)16-12(14-8)9-5-3-2-4-6-9/h9-10,15H,2-7,13H2,1H3. The van der Waals surface area contributed by atoms with Crippen molar-refractivity contribution in [2.45, 2.75) is 51.0 Å². The first-order chi connectivity index (χ1) is 7.72. The molecule has 0 bridgehead atoms. The number of nitrogens with zero attached hydrogens (tertiary/aromatic N) is 1. The molecule has 0 amide bonds. The van der Waals surface area contributed by atoms with Gasteiger partial charge in [-0.15, -0.1) is 0 Å². The van der Waals surface area contributed by atoms with Gasteiger partial charge in [0.2, 0.25) is 0 Å². The minimum Gasteiger partial charge on any atom is -0.442 e. The Morgan fingerprint density at radius 2 is 2.12 bits per heavy atom. The fraction of sp³-hybridized carbons (Fsp3) is 0.750. The molecule has 0 aromatic carbocycles. The molecule has 16 heavy (non-hydrogen) atoms. The van der Waals surface area contributed by atoms with Gasteiger partial charge in [0.05, 0.1) is 5.69 Å². The van der Waals surface area contributed by atoms with Crippen molar-refractivity contribution in [2.24, 2.45) is 5.73 Å². The van der Waals surface area contributed by atoms with Gasteiger partial charge in [-0.2, -0.15) is 0 Å². The van der Waals surface area contributed by atoms with Gasteiger partial charge < -0.3 is 15.3 Å². The summed E-state index contributed by atoms with van der Waals surface area (Å²) in [5, 5.41) is 9.66. The number of oxazole rings is 1. The molecule has 1 aliphatic rings. The van der Waals surface area contributed by atoms with Gasteiger partial charge in [0.1, 0.15) is 6.10 Å². The van der Waals surface area contributed by atoms with Gasteiger partial charge in [0, 0.05) is 12.5 Å². The normalized spacial score (nSPS) is 19.9. The maximum atomic E-state index is 9.66. The van der Waals surface area contributed by atoms with Crippen molar-refractivity contribution in [1.29, 1.82) is 0 Å². The molecule has 1 aromatic heterocycles. The Bertz CT molecular complexity index is 343. The van der Waals surface area contributed by atoms with Crippen LogP contribution >= 0.6 is 0 Å². The highest BCUT2D eigenvalue weighted by atomic mass is 16.4. The molecule has 1 fully saturated rings. The van der Waals surface area contributed by atoms with E-state index in [0.717, 1.165) is 24.4 Å². The molecule has 1 atom stereocenters. The molecule has 0 aliphatic heterocycles. The Kier molecular flexibility index (Phi) is 3.61. The highest BCUT2D eigenvalue weighted by Crippen LogP contribution is 2.33. The van der Waals surface area contributed by atoms with Gasteiger partial charge in [-0.25, -0.2) is 4.98 Å². The molecule has 4 heteroatoms. The van der Waals surface area contributed by atoms with Crippen LogP contribution in [0.3, 0.4) is 0 Å². The lowest BCUT2D eigenvalue weighted by Crippen LogP contribution is -2.11. The summed E-state index contributed by atoms with van der Waals surface area (Å²) in [5.74, 6) is 1.77. The summed E-state index contributed by atoms with van der Waals surface area (Å²) in [4.78, 5) is 4.42. The highest BCUT2D eigenvalue weighted by molar-refractivity contribution is 5.13. The molecule has 1 unspecified atom stereocenters. The average molecular weight is 224 g/mol. The Morgan fingerprint density at radius 1 is 1.44 bits per heavy atom. The minimum absolute atomic E-state index is 0.181. The second-order valence-electron chi connectivity index (χ2n) is 4.59. The van der Waals surface area contributed by atoms with Crippen molar-refractivity contribution in [2.75, 3.05) is 6.54 Å². The molecule has 0 radical (unpaired) electrons. The number of hydrogen-bond donors (Lipinski definition) is 2. The molecule has 2 rings (SSSR count). The second kappa shape index (κ2) is 4.97. The average Bonchev–Trinajstić information content (AvgIpc) is 2.71. The third-order valence-corrected chi connectivity index (χ3v) is 3.33. The van der Waals surface area contributed by atoms with E-state index < -0.39 is 6.10 Å². The highest BCUT2D eigenvalue weighted by Gasteiger charge is 2.23. The van der Waals surface area contributed by atoms with E-state index in [-0.39, 0.29) is 6.54 Å². The Hall–Kier alpha value is -0.870. The van der Waals surface area contributed by atoms with E-state index in [1.807, 2.05) is 6.92 Å². The molecule has 1 saturated carbocycles. The lowest BCUT2D eigenvalue weighted by atomic mass is 9.89. The third-order valence-electron chi connectivity index (χ3n) is 3.33. The molecule has 0 saturated heterocycles. The first kappa shape index (κ1) is 11.6. The van der Waals surface area contributed by atoms with Gasteiger partial charge in [-0.05, 0) is 19.8 Å². The van der Waals surface area contributed by atoms with E-state index in [4.69, 9.17) is 10.2 Å². The summed E-state index contributed by atoms with van der Waals surface area (Å²) in [6.45, 7) is 2.05. The van der Waals surface area contributed by atoms with E-state index in [9.17, 15) is 5.11 Å². The first-order valence-electron chi connectivity index (χ1n) is 6.07. The quantitative estimate of drug-likeness (QED) is 0.824. The summed E-state index contributed by atoms with van der Waals surface area (Å²) in [7, 11) is 0. The number of nitrogens with two attached hydrogens (primary N) is 1. The third kappa shape index (κ3) is 2.28. The predicted octanol–water partition coefficient (Wildman–Crippen LogP) is 2.02. The van der Waals surface area contributed by atoms with Gasteiger partial charge in [-0.3, -0.25) is 0 Å². The molecular weight excluding hydrogens is 204 g/mol. The molecular formula is C12H20N2O2. The van der Waals surface area contributed by atoms with Crippen LogP contribution in [0.25, 0.3) is 0 Å². The van der Waals surface area contributed by atoms with Crippen LogP contribution in [-0.2, 0) is 0 Å². The minimum atomic E-state index is -0.718. The van der Waals surface area contributed by atoms with Crippen LogP contribution in [0, 0.1) is 6.92 Å². The van der Waals surface area contributed by atoms with Crippen LogP contribution < -0.4 is 5.73 Å². The summed E-state index contributed by atoms with van der Waals surface area (Å²) in [6.07, 6.45) is 5.40. The maximum Gasteiger partial charge on any atom is 0.197 e. The zero-order valence-electron chi connectivity index (χ0n) is 9.78. The van der Waals surface area contributed by atoms with Crippen molar-refractivity contribution in [3.63, 3.8) is 0 Å². The number of aryl methyl sites for hydroxylation is 1. The van der Waals surface area contributed by atoms with Crippen molar-refractivity contribution in [3.05, 3.63) is 17.3 Å². The van der Waals surface area contributed by atoms with Gasteiger partial charge in [-0.1, -0.05) is 19.3 Å². The van der Waals surface area contributed by atoms with E-state index in [0.29, 0.717) is 11.7 Å². The lowest BCUT2D eigenvalue weighted by molar-refractivity contribution is 0.153. The molecule has 3 N–H and O–H groups in total. The summed E-state index contributed by atoms with van der Waals surface area (Å²) in [5.41, 5.74) is 6.20. The molecule has 1 aromatic rings. The monoisotopic (exact) mass is 224 g/mol. The molecule has 1 heterocycles. The fourth-order valence-corrected chi connectivity index (χ4v) is 2.37. The van der Waals surface area contributed by atoms with Crippen LogP contribution in [0.2, 0.25) is 0 Å². The molecule has 90 valence electrons. The lowest BCUT2D eigenvalue weighted by Gasteiger charge is -2.18. The first-order valence-corrected chi connectivity index (χ1v) is 6.07. The van der Waals surface area contributed by atoms with Crippen molar-refractivity contribution in [3.8, 4) is 0 Å².